The molecule has 0 aliphatic heterocycles. The molecule has 0 aliphatic carbocycles. The highest BCUT2D eigenvalue weighted by molar-refractivity contribution is 5.80. The Morgan fingerprint density at radius 3 is 2.36 bits per heavy atom. The number of aryl methyl sites for hydroxylation is 2. The van der Waals surface area contributed by atoms with Crippen molar-refractivity contribution in [3.05, 3.63) is 58.7 Å². The molecule has 0 aliphatic rings. The van der Waals surface area contributed by atoms with Crippen molar-refractivity contribution in [3.63, 3.8) is 0 Å². The number of ether oxygens (including phenoxy) is 2. The zero-order chi connectivity index (χ0) is 15.9. The predicted octanol–water partition coefficient (Wildman–Crippen LogP) is 4.09. The van der Waals surface area contributed by atoms with Crippen LogP contribution in [0.15, 0.2) is 41.6 Å². The molecule has 0 saturated carbocycles. The van der Waals surface area contributed by atoms with Crippen LogP contribution in [0.25, 0.3) is 0 Å². The predicted molar refractivity (Wildman–Crippen MR) is 87.2 cm³/mol. The third-order valence-electron chi connectivity index (χ3n) is 3.15. The molecule has 0 heterocycles. The van der Waals surface area contributed by atoms with Gasteiger partial charge in [0.05, 0.1) is 12.8 Å². The van der Waals surface area contributed by atoms with Gasteiger partial charge in [0.25, 0.3) is 0 Å². The fourth-order valence-electron chi connectivity index (χ4n) is 2.37. The maximum atomic E-state index is 8.61. The summed E-state index contributed by atoms with van der Waals surface area (Å²) in [4.78, 5) is 0. The minimum absolute atomic E-state index is 0.482. The summed E-state index contributed by atoms with van der Waals surface area (Å²) in [7, 11) is 0. The smallest absolute Gasteiger partial charge is 0.161 e. The van der Waals surface area contributed by atoms with E-state index in [1.807, 2.05) is 19.1 Å². The zero-order valence-corrected chi connectivity index (χ0v) is 13.2. The third kappa shape index (κ3) is 4.25. The van der Waals surface area contributed by atoms with E-state index in [1.165, 1.54) is 17.3 Å². The Kier molecular flexibility index (Phi) is 5.42. The average molecular weight is 299 g/mol. The minimum atomic E-state index is 0.482. The quantitative estimate of drug-likeness (QED) is 0.496. The first-order valence-corrected chi connectivity index (χ1v) is 7.26. The number of rotatable bonds is 6. The van der Waals surface area contributed by atoms with Crippen molar-refractivity contribution in [2.45, 2.75) is 27.4 Å². The molecule has 0 unspecified atom stereocenters. The van der Waals surface area contributed by atoms with Gasteiger partial charge in [0, 0.05) is 5.56 Å². The summed E-state index contributed by atoms with van der Waals surface area (Å²) in [5.74, 6) is 1.32. The van der Waals surface area contributed by atoms with E-state index in [-0.39, 0.29) is 0 Å². The van der Waals surface area contributed by atoms with Gasteiger partial charge in [-0.05, 0) is 44.5 Å². The minimum Gasteiger partial charge on any atom is -0.490 e. The van der Waals surface area contributed by atoms with Gasteiger partial charge in [0.15, 0.2) is 11.5 Å². The molecular weight excluding hydrogens is 278 g/mol. The van der Waals surface area contributed by atoms with Gasteiger partial charge in [0.1, 0.15) is 6.61 Å². The number of nitrogens with zero attached hydrogens (tertiary/aromatic N) is 1. The summed E-state index contributed by atoms with van der Waals surface area (Å²) in [6.45, 7) is 7.09. The molecule has 4 nitrogen and oxygen atoms in total. The molecule has 0 amide bonds. The van der Waals surface area contributed by atoms with Crippen LogP contribution in [0.1, 0.15) is 29.2 Å². The Balaban J connectivity index is 2.17. The Labute approximate surface area is 131 Å². The molecule has 2 rings (SSSR count). The summed E-state index contributed by atoms with van der Waals surface area (Å²) in [5.41, 5.74) is 4.32. The van der Waals surface area contributed by atoms with Gasteiger partial charge in [-0.1, -0.05) is 34.5 Å². The van der Waals surface area contributed by atoms with Crippen LogP contribution in [0, 0.1) is 13.8 Å². The highest BCUT2D eigenvalue weighted by Gasteiger charge is 2.07. The lowest BCUT2D eigenvalue weighted by atomic mass is 10.1. The lowest BCUT2D eigenvalue weighted by Gasteiger charge is -2.13. The molecule has 0 bridgehead atoms. The van der Waals surface area contributed by atoms with Crippen LogP contribution in [0.4, 0.5) is 0 Å². The van der Waals surface area contributed by atoms with Crippen LogP contribution in [0.2, 0.25) is 0 Å². The van der Waals surface area contributed by atoms with Crippen LogP contribution in [-0.2, 0) is 6.61 Å². The van der Waals surface area contributed by atoms with Crippen molar-refractivity contribution < 1.29 is 14.7 Å². The maximum Gasteiger partial charge on any atom is 0.161 e. The van der Waals surface area contributed by atoms with Crippen LogP contribution in [0.3, 0.4) is 0 Å². The van der Waals surface area contributed by atoms with E-state index in [1.54, 1.807) is 6.07 Å². The van der Waals surface area contributed by atoms with Crippen molar-refractivity contribution in [1.82, 2.24) is 0 Å². The maximum absolute atomic E-state index is 8.61. The van der Waals surface area contributed by atoms with E-state index < -0.39 is 0 Å². The third-order valence-corrected chi connectivity index (χ3v) is 3.15. The summed E-state index contributed by atoms with van der Waals surface area (Å²) < 4.78 is 11.5. The molecule has 0 saturated heterocycles. The van der Waals surface area contributed by atoms with Crippen LogP contribution in [0.5, 0.6) is 11.5 Å². The first kappa shape index (κ1) is 15.9. The van der Waals surface area contributed by atoms with E-state index in [0.29, 0.717) is 24.7 Å². The topological polar surface area (TPSA) is 51.0 Å². The van der Waals surface area contributed by atoms with E-state index in [4.69, 9.17) is 14.7 Å². The number of hydrogen-bond acceptors (Lipinski definition) is 4. The Morgan fingerprint density at radius 1 is 1.00 bits per heavy atom. The van der Waals surface area contributed by atoms with Crippen molar-refractivity contribution in [1.29, 1.82) is 0 Å². The van der Waals surface area contributed by atoms with Crippen LogP contribution >= 0.6 is 0 Å². The number of hydrogen-bond donors (Lipinski definition) is 1. The normalized spacial score (nSPS) is 10.9. The highest BCUT2D eigenvalue weighted by Crippen LogP contribution is 2.29. The van der Waals surface area contributed by atoms with Crippen molar-refractivity contribution in [2.75, 3.05) is 6.61 Å². The molecule has 4 heteroatoms. The standard InChI is InChI=1S/C18H21NO3/c1-4-21-18-10-15(11-19-20)5-6-17(18)22-12-16-8-13(2)7-14(3)9-16/h5-11,20H,4,12H2,1-3H3/b19-11-. The molecular formula is C18H21NO3. The summed E-state index contributed by atoms with van der Waals surface area (Å²) in [5, 5.41) is 11.6. The van der Waals surface area contributed by atoms with Gasteiger partial charge in [-0.2, -0.15) is 0 Å². The van der Waals surface area contributed by atoms with E-state index >= 15 is 0 Å². The van der Waals surface area contributed by atoms with Gasteiger partial charge in [0.2, 0.25) is 0 Å². The molecule has 0 radical (unpaired) electrons. The SMILES string of the molecule is CCOc1cc(/C=N\O)ccc1OCc1cc(C)cc(C)c1. The Hall–Kier alpha value is -2.49. The van der Waals surface area contributed by atoms with Crippen molar-refractivity contribution >= 4 is 6.21 Å². The Bertz CT molecular complexity index is 645. The molecule has 22 heavy (non-hydrogen) atoms. The lowest BCUT2D eigenvalue weighted by Crippen LogP contribution is -2.01. The van der Waals surface area contributed by atoms with Gasteiger partial charge >= 0.3 is 0 Å². The second-order valence-corrected chi connectivity index (χ2v) is 5.17. The molecule has 2 aromatic carbocycles. The first-order valence-electron chi connectivity index (χ1n) is 7.26. The second-order valence-electron chi connectivity index (χ2n) is 5.17. The van der Waals surface area contributed by atoms with E-state index in [2.05, 4.69) is 37.2 Å². The first-order chi connectivity index (χ1) is 10.6. The van der Waals surface area contributed by atoms with Crippen LogP contribution in [-0.4, -0.2) is 18.0 Å². The molecule has 0 atom stereocenters. The summed E-state index contributed by atoms with van der Waals surface area (Å²) in [6.07, 6.45) is 1.36. The van der Waals surface area contributed by atoms with Gasteiger partial charge in [-0.15, -0.1) is 0 Å². The summed E-state index contributed by atoms with van der Waals surface area (Å²) >= 11 is 0. The van der Waals surface area contributed by atoms with Crippen molar-refractivity contribution in [2.24, 2.45) is 5.16 Å². The summed E-state index contributed by atoms with van der Waals surface area (Å²) in [6, 6.07) is 11.8. The Morgan fingerprint density at radius 2 is 1.73 bits per heavy atom. The van der Waals surface area contributed by atoms with E-state index in [9.17, 15) is 0 Å². The fourth-order valence-corrected chi connectivity index (χ4v) is 2.37. The second kappa shape index (κ2) is 7.50. The van der Waals surface area contributed by atoms with Crippen molar-refractivity contribution in [3.8, 4) is 11.5 Å². The highest BCUT2D eigenvalue weighted by atomic mass is 16.5. The van der Waals surface area contributed by atoms with Gasteiger partial charge in [-0.25, -0.2) is 0 Å². The largest absolute Gasteiger partial charge is 0.490 e. The average Bonchev–Trinajstić information content (AvgIpc) is 2.46. The number of benzene rings is 2. The molecule has 0 spiro atoms. The van der Waals surface area contributed by atoms with Gasteiger partial charge < -0.3 is 14.7 Å². The zero-order valence-electron chi connectivity index (χ0n) is 13.2. The molecule has 0 fully saturated rings. The molecule has 116 valence electrons. The van der Waals surface area contributed by atoms with Gasteiger partial charge in [-0.3, -0.25) is 0 Å². The number of oxime groups is 1. The molecule has 0 aromatic heterocycles. The van der Waals surface area contributed by atoms with E-state index in [0.717, 1.165) is 11.1 Å². The molecule has 1 N–H and O–H groups in total. The molecule has 2 aromatic rings. The fraction of sp³-hybridized carbons (Fsp3) is 0.278. The monoisotopic (exact) mass is 299 g/mol. The lowest BCUT2D eigenvalue weighted by molar-refractivity contribution is 0.269. The van der Waals surface area contributed by atoms with Crippen LogP contribution < -0.4 is 9.47 Å².